The maximum absolute atomic E-state index is 12.2. The first-order valence-corrected chi connectivity index (χ1v) is 3.32. The van der Waals surface area contributed by atoms with Crippen molar-refractivity contribution in [2.75, 3.05) is 0 Å². The van der Waals surface area contributed by atoms with Crippen LogP contribution in [0.15, 0.2) is 0 Å². The number of halogens is 8. The van der Waals surface area contributed by atoms with E-state index < -0.39 is 30.6 Å². The fraction of sp³-hybridized carbons (Fsp3) is 1.00. The van der Waals surface area contributed by atoms with Crippen molar-refractivity contribution < 1.29 is 35.1 Å². The van der Waals surface area contributed by atoms with Gasteiger partial charge in [0.15, 0.2) is 0 Å². The minimum atomic E-state index is -5.74. The smallest absolute Gasteiger partial charge is 0.207 e. The lowest BCUT2D eigenvalue weighted by Gasteiger charge is -2.27. The highest BCUT2D eigenvalue weighted by atomic mass is 19.3. The highest BCUT2D eigenvalue weighted by Gasteiger charge is 2.64. The van der Waals surface area contributed by atoms with Crippen molar-refractivity contribution in [3.8, 4) is 0 Å². The van der Waals surface area contributed by atoms with Gasteiger partial charge in [-0.15, -0.1) is 0 Å². The summed E-state index contributed by atoms with van der Waals surface area (Å²) in [6, 6.07) is 0. The van der Waals surface area contributed by atoms with Gasteiger partial charge in [0, 0.05) is 0 Å². The minimum absolute atomic E-state index is 0.0531. The van der Waals surface area contributed by atoms with Gasteiger partial charge >= 0.3 is 18.3 Å². The van der Waals surface area contributed by atoms with Gasteiger partial charge in [0.25, 0.3) is 5.92 Å². The number of rotatable bonds is 4. The summed E-state index contributed by atoms with van der Waals surface area (Å²) in [5.41, 5.74) is 0. The molecule has 0 unspecified atom stereocenters. The third-order valence-corrected chi connectivity index (χ3v) is 1.29. The van der Waals surface area contributed by atoms with E-state index in [1.165, 1.54) is 0 Å². The van der Waals surface area contributed by atoms with Crippen molar-refractivity contribution in [1.82, 2.24) is 0 Å². The predicted molar refractivity (Wildman–Crippen MR) is 31.1 cm³/mol. The fourth-order valence-corrected chi connectivity index (χ4v) is 0.667. The number of hydrogen-bond donors (Lipinski definition) is 0. The molecule has 0 aromatic rings. The van der Waals surface area contributed by atoms with E-state index in [2.05, 4.69) is 0 Å². The molecule has 0 amide bonds. The molecule has 0 saturated heterocycles. The van der Waals surface area contributed by atoms with Gasteiger partial charge in [0.05, 0.1) is 6.42 Å². The van der Waals surface area contributed by atoms with E-state index in [1.807, 2.05) is 0 Å². The van der Waals surface area contributed by atoms with E-state index in [0.717, 1.165) is 0 Å². The van der Waals surface area contributed by atoms with Crippen molar-refractivity contribution in [2.24, 2.45) is 0 Å². The summed E-state index contributed by atoms with van der Waals surface area (Å²) in [6.45, 7) is -0.0531. The Hall–Kier alpha value is -0.560. The Morgan fingerprint density at radius 2 is 1.29 bits per heavy atom. The van der Waals surface area contributed by atoms with Gasteiger partial charge in [-0.25, -0.2) is 17.6 Å². The normalized spacial score (nSPS) is 15.0. The van der Waals surface area contributed by atoms with Crippen LogP contribution < -0.4 is 0 Å². The van der Waals surface area contributed by atoms with E-state index in [4.69, 9.17) is 0 Å². The van der Waals surface area contributed by atoms with Crippen LogP contribution in [0.3, 0.4) is 0 Å². The number of alkyl halides is 8. The number of hydrogen-bond acceptors (Lipinski definition) is 0. The van der Waals surface area contributed by atoms with Crippen LogP contribution in [0, 0.1) is 0 Å². The molecule has 0 atom stereocenters. The van der Waals surface area contributed by atoms with Crippen molar-refractivity contribution in [3.63, 3.8) is 0 Å². The van der Waals surface area contributed by atoms with Crippen LogP contribution in [0.2, 0.25) is 0 Å². The van der Waals surface area contributed by atoms with Crippen LogP contribution in [-0.2, 0) is 0 Å². The molecule has 0 aliphatic heterocycles. The molecule has 8 heteroatoms. The Balaban J connectivity index is 4.78. The van der Waals surface area contributed by atoms with Gasteiger partial charge in [-0.2, -0.15) is 17.6 Å². The van der Waals surface area contributed by atoms with Gasteiger partial charge in [-0.05, 0) is 6.92 Å². The monoisotopic (exact) mass is 230 g/mol. The second kappa shape index (κ2) is 3.54. The molecule has 0 bridgehead atoms. The zero-order chi connectivity index (χ0) is 11.8. The summed E-state index contributed by atoms with van der Waals surface area (Å²) in [7, 11) is 0. The maximum Gasteiger partial charge on any atom is 0.369 e. The summed E-state index contributed by atoms with van der Waals surface area (Å²) in [5, 5.41) is 0. The molecule has 14 heavy (non-hydrogen) atoms. The quantitative estimate of drug-likeness (QED) is 0.647. The third-order valence-electron chi connectivity index (χ3n) is 1.29. The molecule has 0 aromatic heterocycles. The topological polar surface area (TPSA) is 0 Å². The third kappa shape index (κ3) is 2.98. The summed E-state index contributed by atoms with van der Waals surface area (Å²) >= 11 is 0. The largest absolute Gasteiger partial charge is 0.369 e. The molecular formula is C6H6F8. The average Bonchev–Trinajstić information content (AvgIpc) is 1.80. The van der Waals surface area contributed by atoms with Crippen molar-refractivity contribution in [3.05, 3.63) is 0 Å². The van der Waals surface area contributed by atoms with E-state index in [9.17, 15) is 35.1 Å². The van der Waals surface area contributed by atoms with E-state index in [1.54, 1.807) is 0 Å². The van der Waals surface area contributed by atoms with Crippen molar-refractivity contribution >= 4 is 0 Å². The summed E-state index contributed by atoms with van der Waals surface area (Å²) in [6.07, 6.45) is -7.29. The molecule has 0 N–H and O–H groups in total. The molecule has 0 radical (unpaired) electrons. The van der Waals surface area contributed by atoms with Crippen LogP contribution in [0.5, 0.6) is 0 Å². The fourth-order valence-electron chi connectivity index (χ4n) is 0.667. The van der Waals surface area contributed by atoms with Crippen LogP contribution in [0.25, 0.3) is 0 Å². The zero-order valence-electron chi connectivity index (χ0n) is 6.81. The van der Waals surface area contributed by atoms with Crippen molar-refractivity contribution in [2.45, 2.75) is 37.5 Å². The molecule has 0 aliphatic carbocycles. The molecule has 0 heterocycles. The first-order chi connectivity index (χ1) is 5.90. The molecule has 0 spiro atoms. The van der Waals surface area contributed by atoms with Gasteiger partial charge in [-0.3, -0.25) is 0 Å². The lowest BCUT2D eigenvalue weighted by atomic mass is 10.1. The first-order valence-electron chi connectivity index (χ1n) is 3.32. The summed E-state index contributed by atoms with van der Waals surface area (Å²) < 4.78 is 95.2. The van der Waals surface area contributed by atoms with Gasteiger partial charge in [0.2, 0.25) is 0 Å². The van der Waals surface area contributed by atoms with E-state index in [-0.39, 0.29) is 6.92 Å². The van der Waals surface area contributed by atoms with Crippen LogP contribution in [0.4, 0.5) is 35.1 Å². The standard InChI is InChI=1S/C6H6F8/c1-4(9,10)2-5(11,12)6(13,14)3(7)8/h3H,2H2,1H3. The lowest BCUT2D eigenvalue weighted by Crippen LogP contribution is -2.48. The van der Waals surface area contributed by atoms with Crippen molar-refractivity contribution in [1.29, 1.82) is 0 Å². The molecule has 0 fully saturated rings. The Kier molecular flexibility index (Phi) is 3.40. The molecule has 86 valence electrons. The molecule has 0 nitrogen and oxygen atoms in total. The highest BCUT2D eigenvalue weighted by Crippen LogP contribution is 2.44. The second-order valence-electron chi connectivity index (χ2n) is 2.88. The highest BCUT2D eigenvalue weighted by molar-refractivity contribution is 4.89. The molecular weight excluding hydrogens is 224 g/mol. The molecule has 0 saturated carbocycles. The zero-order valence-corrected chi connectivity index (χ0v) is 6.81. The molecule has 0 aromatic carbocycles. The predicted octanol–water partition coefficient (Wildman–Crippen LogP) is 3.57. The summed E-state index contributed by atoms with van der Waals surface area (Å²) in [4.78, 5) is 0. The Bertz CT molecular complexity index is 190. The van der Waals surface area contributed by atoms with Gasteiger partial charge < -0.3 is 0 Å². The SMILES string of the molecule is CC(F)(F)CC(F)(F)C(F)(F)C(F)F. The summed E-state index contributed by atoms with van der Waals surface area (Å²) in [5.74, 6) is -15.3. The van der Waals surface area contributed by atoms with Crippen LogP contribution in [-0.4, -0.2) is 24.2 Å². The Labute approximate surface area is 73.9 Å². The van der Waals surface area contributed by atoms with E-state index >= 15 is 0 Å². The van der Waals surface area contributed by atoms with Gasteiger partial charge in [0.1, 0.15) is 0 Å². The lowest BCUT2D eigenvalue weighted by molar-refractivity contribution is -0.281. The Morgan fingerprint density at radius 1 is 0.929 bits per heavy atom. The van der Waals surface area contributed by atoms with Crippen LogP contribution in [0.1, 0.15) is 13.3 Å². The first kappa shape index (κ1) is 13.4. The maximum atomic E-state index is 12.2. The second-order valence-corrected chi connectivity index (χ2v) is 2.88. The van der Waals surface area contributed by atoms with Gasteiger partial charge in [-0.1, -0.05) is 0 Å². The van der Waals surface area contributed by atoms with E-state index in [0.29, 0.717) is 0 Å². The molecule has 0 aliphatic rings. The van der Waals surface area contributed by atoms with Crippen LogP contribution >= 0.6 is 0 Å². The molecule has 0 rings (SSSR count). The minimum Gasteiger partial charge on any atom is -0.207 e. The Morgan fingerprint density at radius 3 is 1.50 bits per heavy atom. The average molecular weight is 230 g/mol.